The van der Waals surface area contributed by atoms with Crippen LogP contribution in [0, 0.1) is 0 Å². The lowest BCUT2D eigenvalue weighted by atomic mass is 10.2. The average molecular weight is 316 g/mol. The van der Waals surface area contributed by atoms with Crippen molar-refractivity contribution in [3.8, 4) is 0 Å². The molecular formula is C20H16N2O2. The maximum atomic E-state index is 12.5. The SMILES string of the molecule is O=C(c1ccccc1)n1ccccn(C(=O)c2ccccc2)cc1. The zero-order valence-electron chi connectivity index (χ0n) is 12.9. The van der Waals surface area contributed by atoms with Gasteiger partial charge in [-0.1, -0.05) is 36.4 Å². The van der Waals surface area contributed by atoms with Crippen molar-refractivity contribution in [3.05, 3.63) is 109 Å². The lowest BCUT2D eigenvalue weighted by molar-refractivity contribution is 0.0945. The van der Waals surface area contributed by atoms with E-state index in [0.29, 0.717) is 11.1 Å². The third-order valence-corrected chi connectivity index (χ3v) is 3.50. The first-order chi connectivity index (χ1) is 11.8. The van der Waals surface area contributed by atoms with Crippen LogP contribution in [-0.4, -0.2) is 20.9 Å². The molecule has 0 N–H and O–H groups in total. The summed E-state index contributed by atoms with van der Waals surface area (Å²) in [7, 11) is 0. The van der Waals surface area contributed by atoms with Crippen LogP contribution < -0.4 is 0 Å². The van der Waals surface area contributed by atoms with Crippen LogP contribution in [0.15, 0.2) is 97.6 Å². The number of benzene rings is 2. The quantitative estimate of drug-likeness (QED) is 0.722. The van der Waals surface area contributed by atoms with Gasteiger partial charge in [-0.2, -0.15) is 0 Å². The first-order valence-corrected chi connectivity index (χ1v) is 7.54. The summed E-state index contributed by atoms with van der Waals surface area (Å²) < 4.78 is 2.90. The average Bonchev–Trinajstić information content (AvgIpc) is 2.62. The van der Waals surface area contributed by atoms with Gasteiger partial charge in [0.15, 0.2) is 0 Å². The molecule has 0 aliphatic carbocycles. The predicted molar refractivity (Wildman–Crippen MR) is 92.4 cm³/mol. The van der Waals surface area contributed by atoms with Gasteiger partial charge in [-0.05, 0) is 36.4 Å². The van der Waals surface area contributed by atoms with Gasteiger partial charge in [-0.3, -0.25) is 18.7 Å². The molecule has 0 spiro atoms. The fourth-order valence-electron chi connectivity index (χ4n) is 2.26. The summed E-state index contributed by atoms with van der Waals surface area (Å²) >= 11 is 0. The van der Waals surface area contributed by atoms with Gasteiger partial charge in [0.25, 0.3) is 11.8 Å². The Labute approximate surface area is 139 Å². The number of rotatable bonds is 2. The molecule has 3 aromatic rings. The summed E-state index contributed by atoms with van der Waals surface area (Å²) in [4.78, 5) is 25.0. The Morgan fingerprint density at radius 1 is 0.500 bits per heavy atom. The van der Waals surface area contributed by atoms with Gasteiger partial charge >= 0.3 is 0 Å². The van der Waals surface area contributed by atoms with Crippen LogP contribution in [0.5, 0.6) is 0 Å². The first kappa shape index (κ1) is 15.5. The Bertz CT molecular complexity index is 816. The van der Waals surface area contributed by atoms with E-state index in [0.717, 1.165) is 0 Å². The minimum atomic E-state index is -0.162. The summed E-state index contributed by atoms with van der Waals surface area (Å²) in [5, 5.41) is 0. The Morgan fingerprint density at radius 3 is 1.25 bits per heavy atom. The van der Waals surface area contributed by atoms with E-state index in [4.69, 9.17) is 0 Å². The van der Waals surface area contributed by atoms with Gasteiger partial charge in [0.2, 0.25) is 0 Å². The second-order valence-corrected chi connectivity index (χ2v) is 5.14. The Morgan fingerprint density at radius 2 is 0.875 bits per heavy atom. The summed E-state index contributed by atoms with van der Waals surface area (Å²) in [5.74, 6) is -0.323. The summed E-state index contributed by atoms with van der Waals surface area (Å²) in [6.45, 7) is 0. The Kier molecular flexibility index (Phi) is 4.68. The van der Waals surface area contributed by atoms with Gasteiger partial charge in [0.1, 0.15) is 0 Å². The van der Waals surface area contributed by atoms with Gasteiger partial charge in [0.05, 0.1) is 0 Å². The molecule has 0 aliphatic rings. The second kappa shape index (κ2) is 7.24. The van der Waals surface area contributed by atoms with Crippen molar-refractivity contribution in [3.63, 3.8) is 0 Å². The van der Waals surface area contributed by atoms with E-state index < -0.39 is 0 Å². The molecule has 0 atom stereocenters. The number of hydrogen-bond donors (Lipinski definition) is 0. The van der Waals surface area contributed by atoms with E-state index in [-0.39, 0.29) is 11.8 Å². The van der Waals surface area contributed by atoms with E-state index in [2.05, 4.69) is 0 Å². The van der Waals surface area contributed by atoms with Crippen molar-refractivity contribution >= 4 is 11.8 Å². The molecule has 1 heterocycles. The van der Waals surface area contributed by atoms with Crippen molar-refractivity contribution < 1.29 is 9.59 Å². The second-order valence-electron chi connectivity index (χ2n) is 5.14. The molecule has 2 aromatic carbocycles. The van der Waals surface area contributed by atoms with E-state index in [1.807, 2.05) is 36.4 Å². The molecule has 0 bridgehead atoms. The minimum absolute atomic E-state index is 0.162. The lowest BCUT2D eigenvalue weighted by Gasteiger charge is -2.06. The monoisotopic (exact) mass is 316 g/mol. The van der Waals surface area contributed by atoms with Crippen LogP contribution in [0.4, 0.5) is 0 Å². The van der Waals surface area contributed by atoms with Crippen molar-refractivity contribution in [2.45, 2.75) is 0 Å². The van der Waals surface area contributed by atoms with Gasteiger partial charge in [-0.15, -0.1) is 0 Å². The third-order valence-electron chi connectivity index (χ3n) is 3.50. The van der Waals surface area contributed by atoms with Crippen LogP contribution in [0.1, 0.15) is 20.7 Å². The van der Waals surface area contributed by atoms with Crippen LogP contribution in [0.25, 0.3) is 0 Å². The fraction of sp³-hybridized carbons (Fsp3) is 0. The largest absolute Gasteiger partial charge is 0.289 e. The normalized spacial score (nSPS) is 10.0. The molecule has 0 fully saturated rings. The predicted octanol–water partition coefficient (Wildman–Crippen LogP) is 3.79. The number of nitrogens with zero attached hydrogens (tertiary/aromatic N) is 2. The molecule has 0 aliphatic heterocycles. The lowest BCUT2D eigenvalue weighted by Crippen LogP contribution is -2.14. The molecule has 0 radical (unpaired) electrons. The summed E-state index contributed by atoms with van der Waals surface area (Å²) in [6, 6.07) is 21.4. The van der Waals surface area contributed by atoms with E-state index in [1.165, 1.54) is 9.13 Å². The molecule has 4 nitrogen and oxygen atoms in total. The number of carbonyl (C=O) groups is 2. The van der Waals surface area contributed by atoms with Crippen molar-refractivity contribution in [1.82, 2.24) is 9.13 Å². The highest BCUT2D eigenvalue weighted by Gasteiger charge is 2.07. The van der Waals surface area contributed by atoms with Crippen LogP contribution in [0.3, 0.4) is 0 Å². The highest BCUT2D eigenvalue weighted by Crippen LogP contribution is 2.04. The smallest absolute Gasteiger partial charge is 0.261 e. The molecule has 0 amide bonds. The van der Waals surface area contributed by atoms with Crippen molar-refractivity contribution in [2.24, 2.45) is 0 Å². The Hall–Kier alpha value is -3.40. The van der Waals surface area contributed by atoms with E-state index >= 15 is 0 Å². The van der Waals surface area contributed by atoms with Crippen LogP contribution in [-0.2, 0) is 0 Å². The van der Waals surface area contributed by atoms with Crippen LogP contribution in [0.2, 0.25) is 0 Å². The van der Waals surface area contributed by atoms with Crippen LogP contribution >= 0.6 is 0 Å². The van der Waals surface area contributed by atoms with Crippen molar-refractivity contribution in [2.75, 3.05) is 0 Å². The first-order valence-electron chi connectivity index (χ1n) is 7.54. The molecule has 0 saturated heterocycles. The van der Waals surface area contributed by atoms with Gasteiger partial charge < -0.3 is 0 Å². The maximum absolute atomic E-state index is 12.5. The van der Waals surface area contributed by atoms with E-state index in [1.54, 1.807) is 61.2 Å². The molecule has 0 saturated carbocycles. The topological polar surface area (TPSA) is 44.0 Å². The highest BCUT2D eigenvalue weighted by atomic mass is 16.2. The number of carbonyl (C=O) groups excluding carboxylic acids is 2. The van der Waals surface area contributed by atoms with Crippen molar-refractivity contribution in [1.29, 1.82) is 0 Å². The fourth-order valence-corrected chi connectivity index (χ4v) is 2.26. The molecule has 3 rings (SSSR count). The van der Waals surface area contributed by atoms with Gasteiger partial charge in [0, 0.05) is 35.9 Å². The molecular weight excluding hydrogens is 300 g/mol. The maximum Gasteiger partial charge on any atom is 0.261 e. The number of hydrogen-bond acceptors (Lipinski definition) is 2. The standard InChI is InChI=1S/C20H16N2O2/c23-19(17-9-3-1-4-10-17)21-13-7-8-14-22(16-15-21)20(24)18-11-5-2-6-12-18/h1-16H. The molecule has 24 heavy (non-hydrogen) atoms. The zero-order valence-corrected chi connectivity index (χ0v) is 12.9. The molecule has 118 valence electrons. The summed E-state index contributed by atoms with van der Waals surface area (Å²) in [5.41, 5.74) is 1.16. The number of aromatic nitrogens is 2. The third kappa shape index (κ3) is 3.50. The molecule has 1 aromatic heterocycles. The van der Waals surface area contributed by atoms with E-state index in [9.17, 15) is 9.59 Å². The highest BCUT2D eigenvalue weighted by molar-refractivity contribution is 5.96. The van der Waals surface area contributed by atoms with Gasteiger partial charge in [-0.25, -0.2) is 0 Å². The Balaban J connectivity index is 1.96. The zero-order chi connectivity index (χ0) is 16.8. The summed E-state index contributed by atoms with van der Waals surface area (Å²) in [6.07, 6.45) is 6.48. The molecule has 4 heteroatoms. The minimum Gasteiger partial charge on any atom is -0.289 e. The molecule has 0 unspecified atom stereocenters.